The minimum absolute atomic E-state index is 0.0956. The number of nitrogens with zero attached hydrogens (tertiary/aromatic N) is 2. The summed E-state index contributed by atoms with van der Waals surface area (Å²) < 4.78 is 2.08. The van der Waals surface area contributed by atoms with Crippen molar-refractivity contribution in [2.75, 3.05) is 0 Å². The Kier molecular flexibility index (Phi) is 4.93. The Hall–Kier alpha value is -1.84. The smallest absolute Gasteiger partial charge is 0.240 e. The van der Waals surface area contributed by atoms with Crippen LogP contribution in [0.25, 0.3) is 11.0 Å². The maximum atomic E-state index is 12.7. The van der Waals surface area contributed by atoms with Gasteiger partial charge in [-0.15, -0.1) is 0 Å². The van der Waals surface area contributed by atoms with Crippen LogP contribution in [-0.4, -0.2) is 21.5 Å². The minimum atomic E-state index is -0.0956. The van der Waals surface area contributed by atoms with Crippen molar-refractivity contribution in [3.63, 3.8) is 0 Å². The minimum Gasteiger partial charge on any atom is -0.352 e. The van der Waals surface area contributed by atoms with Crippen molar-refractivity contribution < 1.29 is 4.79 Å². The fraction of sp³-hybridized carbons (Fsp3) is 0.600. The van der Waals surface area contributed by atoms with E-state index in [0.29, 0.717) is 12.6 Å². The Morgan fingerprint density at radius 1 is 1.17 bits per heavy atom. The van der Waals surface area contributed by atoms with Gasteiger partial charge < -0.3 is 9.88 Å². The lowest BCUT2D eigenvalue weighted by molar-refractivity contribution is -0.122. The van der Waals surface area contributed by atoms with Gasteiger partial charge in [0.1, 0.15) is 12.4 Å². The van der Waals surface area contributed by atoms with Crippen molar-refractivity contribution >= 4 is 16.9 Å². The highest BCUT2D eigenvalue weighted by molar-refractivity contribution is 5.81. The summed E-state index contributed by atoms with van der Waals surface area (Å²) in [5.41, 5.74) is 1.91. The Bertz CT molecular complexity index is 703. The number of nitrogens with one attached hydrogen (secondary N) is 1. The molecule has 1 amide bonds. The second-order valence-corrected chi connectivity index (χ2v) is 8.02. The van der Waals surface area contributed by atoms with Crippen molar-refractivity contribution in [3.8, 4) is 0 Å². The number of para-hydroxylation sites is 2. The number of amides is 1. The molecule has 3 rings (SSSR count). The molecule has 0 aliphatic heterocycles. The number of carbonyl (C=O) groups excluding carboxylic acids is 1. The second-order valence-electron chi connectivity index (χ2n) is 8.02. The average Bonchev–Trinajstić information content (AvgIpc) is 2.71. The molecule has 1 aromatic carbocycles. The zero-order valence-corrected chi connectivity index (χ0v) is 15.1. The number of aromatic nitrogens is 2. The fourth-order valence-corrected chi connectivity index (χ4v) is 3.65. The molecule has 1 heterocycles. The molecule has 0 saturated heterocycles. The van der Waals surface area contributed by atoms with Crippen molar-refractivity contribution in [1.82, 2.24) is 14.9 Å². The third-order valence-electron chi connectivity index (χ3n) is 4.85. The standard InChI is InChI=1S/C20H29N3O/c1-20(2,3)19-22-16-12-8-9-13-17(16)23(19)14-18(24)21-15-10-6-4-5-7-11-15/h8-9,12-13,15H,4-7,10-11,14H2,1-3H3,(H,21,24). The predicted molar refractivity (Wildman–Crippen MR) is 98.1 cm³/mol. The average molecular weight is 327 g/mol. The molecule has 0 atom stereocenters. The van der Waals surface area contributed by atoms with Crippen molar-refractivity contribution in [1.29, 1.82) is 0 Å². The van der Waals surface area contributed by atoms with Crippen molar-refractivity contribution in [2.24, 2.45) is 0 Å². The quantitative estimate of drug-likeness (QED) is 0.860. The molecule has 1 N–H and O–H groups in total. The van der Waals surface area contributed by atoms with Crippen molar-refractivity contribution in [3.05, 3.63) is 30.1 Å². The molecule has 0 unspecified atom stereocenters. The Balaban J connectivity index is 1.81. The van der Waals surface area contributed by atoms with Crippen LogP contribution in [0.15, 0.2) is 24.3 Å². The SMILES string of the molecule is CC(C)(C)c1nc2ccccc2n1CC(=O)NC1CCCCCC1. The van der Waals surface area contributed by atoms with E-state index in [2.05, 4.69) is 36.7 Å². The van der Waals surface area contributed by atoms with Gasteiger partial charge in [0, 0.05) is 11.5 Å². The normalized spacial score (nSPS) is 17.0. The summed E-state index contributed by atoms with van der Waals surface area (Å²) in [5.74, 6) is 1.08. The molecular weight excluding hydrogens is 298 g/mol. The molecule has 1 aliphatic carbocycles. The van der Waals surface area contributed by atoms with Gasteiger partial charge in [0.05, 0.1) is 11.0 Å². The molecule has 1 saturated carbocycles. The maximum Gasteiger partial charge on any atom is 0.240 e. The largest absolute Gasteiger partial charge is 0.352 e. The number of hydrogen-bond donors (Lipinski definition) is 1. The third-order valence-corrected chi connectivity index (χ3v) is 4.85. The molecule has 130 valence electrons. The van der Waals surface area contributed by atoms with Gasteiger partial charge in [0.2, 0.25) is 5.91 Å². The lowest BCUT2D eigenvalue weighted by Gasteiger charge is -2.21. The first-order chi connectivity index (χ1) is 11.4. The van der Waals surface area contributed by atoms with Gasteiger partial charge in [-0.25, -0.2) is 4.98 Å². The van der Waals surface area contributed by atoms with Crippen molar-refractivity contribution in [2.45, 2.75) is 77.3 Å². The van der Waals surface area contributed by atoms with Gasteiger partial charge in [-0.2, -0.15) is 0 Å². The van der Waals surface area contributed by atoms with Crippen LogP contribution in [0.4, 0.5) is 0 Å². The zero-order chi connectivity index (χ0) is 17.2. The van der Waals surface area contributed by atoms with E-state index >= 15 is 0 Å². The van der Waals surface area contributed by atoms with Crippen LogP contribution in [0.1, 0.15) is 65.1 Å². The maximum absolute atomic E-state index is 12.7. The number of fused-ring (bicyclic) bond motifs is 1. The summed E-state index contributed by atoms with van der Waals surface area (Å²) in [4.78, 5) is 17.4. The van der Waals surface area contributed by atoms with E-state index in [-0.39, 0.29) is 11.3 Å². The van der Waals surface area contributed by atoms with Gasteiger partial charge in [-0.3, -0.25) is 4.79 Å². The van der Waals surface area contributed by atoms with Gasteiger partial charge >= 0.3 is 0 Å². The van der Waals surface area contributed by atoms with E-state index in [1.165, 1.54) is 25.7 Å². The molecule has 1 aromatic heterocycles. The highest BCUT2D eigenvalue weighted by Crippen LogP contribution is 2.26. The summed E-state index contributed by atoms with van der Waals surface area (Å²) in [5, 5.41) is 3.25. The van der Waals surface area contributed by atoms with E-state index in [1.807, 2.05) is 18.2 Å². The van der Waals surface area contributed by atoms with Crippen LogP contribution in [0.5, 0.6) is 0 Å². The number of imidazole rings is 1. The Morgan fingerprint density at radius 3 is 2.50 bits per heavy atom. The van der Waals surface area contributed by atoms with Gasteiger partial charge in [0.15, 0.2) is 0 Å². The molecule has 2 aromatic rings. The Morgan fingerprint density at radius 2 is 1.83 bits per heavy atom. The van der Waals surface area contributed by atoms with Gasteiger partial charge in [-0.05, 0) is 25.0 Å². The summed E-state index contributed by atoms with van der Waals surface area (Å²) in [6.07, 6.45) is 7.28. The number of hydrogen-bond acceptors (Lipinski definition) is 2. The van der Waals surface area contributed by atoms with Gasteiger partial charge in [0.25, 0.3) is 0 Å². The predicted octanol–water partition coefficient (Wildman–Crippen LogP) is 4.17. The van der Waals surface area contributed by atoms with Gasteiger partial charge in [-0.1, -0.05) is 58.6 Å². The first-order valence-corrected chi connectivity index (χ1v) is 9.20. The first-order valence-electron chi connectivity index (χ1n) is 9.20. The molecule has 0 radical (unpaired) electrons. The van der Waals surface area contributed by atoms with E-state index in [4.69, 9.17) is 4.98 Å². The highest BCUT2D eigenvalue weighted by Gasteiger charge is 2.24. The van der Waals surface area contributed by atoms with E-state index in [1.54, 1.807) is 0 Å². The topological polar surface area (TPSA) is 46.9 Å². The fourth-order valence-electron chi connectivity index (χ4n) is 3.65. The summed E-state index contributed by atoms with van der Waals surface area (Å²) in [6.45, 7) is 6.79. The highest BCUT2D eigenvalue weighted by atomic mass is 16.2. The number of rotatable bonds is 3. The molecule has 4 heteroatoms. The molecule has 0 spiro atoms. The van der Waals surface area contributed by atoms with Crippen LogP contribution in [0.2, 0.25) is 0 Å². The monoisotopic (exact) mass is 327 g/mol. The lowest BCUT2D eigenvalue weighted by Crippen LogP contribution is -2.37. The molecule has 0 bridgehead atoms. The molecule has 24 heavy (non-hydrogen) atoms. The van der Waals surface area contributed by atoms with E-state index in [9.17, 15) is 4.79 Å². The lowest BCUT2D eigenvalue weighted by atomic mass is 9.95. The second kappa shape index (κ2) is 6.96. The van der Waals surface area contributed by atoms with Crippen LogP contribution < -0.4 is 5.32 Å². The van der Waals surface area contributed by atoms with Crippen LogP contribution >= 0.6 is 0 Å². The van der Waals surface area contributed by atoms with Crippen LogP contribution in [0.3, 0.4) is 0 Å². The first kappa shape index (κ1) is 17.0. The van der Waals surface area contributed by atoms with E-state index < -0.39 is 0 Å². The van der Waals surface area contributed by atoms with E-state index in [0.717, 1.165) is 29.7 Å². The molecule has 4 nitrogen and oxygen atoms in total. The molecule has 1 aliphatic rings. The Labute approximate surface area is 144 Å². The zero-order valence-electron chi connectivity index (χ0n) is 15.1. The summed E-state index contributed by atoms with van der Waals surface area (Å²) in [6, 6.07) is 8.42. The van der Waals surface area contributed by atoms with Crippen LogP contribution in [0, 0.1) is 0 Å². The summed E-state index contributed by atoms with van der Waals surface area (Å²) in [7, 11) is 0. The number of carbonyl (C=O) groups is 1. The van der Waals surface area contributed by atoms with Crippen LogP contribution in [-0.2, 0) is 16.8 Å². The summed E-state index contributed by atoms with van der Waals surface area (Å²) >= 11 is 0. The number of benzene rings is 1. The molecular formula is C20H29N3O. The molecule has 1 fully saturated rings. The third kappa shape index (κ3) is 3.80.